The van der Waals surface area contributed by atoms with Gasteiger partial charge in [-0.1, -0.05) is 182 Å². The van der Waals surface area contributed by atoms with E-state index in [0.717, 1.165) is 17.1 Å². The predicted molar refractivity (Wildman–Crippen MR) is 261 cm³/mol. The molecular weight excluding hydrogens is 747 g/mol. The molecule has 0 saturated carbocycles. The summed E-state index contributed by atoms with van der Waals surface area (Å²) in [5.74, 6) is 0. The van der Waals surface area contributed by atoms with Gasteiger partial charge in [-0.05, 0) is 153 Å². The Labute approximate surface area is 360 Å². The third kappa shape index (κ3) is 5.09. The highest BCUT2D eigenvalue weighted by atomic mass is 15.1. The zero-order valence-electron chi connectivity index (χ0n) is 34.0. The Kier molecular flexibility index (Phi) is 7.59. The third-order valence-corrected chi connectivity index (χ3v) is 13.6. The van der Waals surface area contributed by atoms with Gasteiger partial charge in [0.1, 0.15) is 0 Å². The molecule has 0 bridgehead atoms. The summed E-state index contributed by atoms with van der Waals surface area (Å²) in [6, 6.07) is 80.5. The molecule has 3 aliphatic carbocycles. The fourth-order valence-electron chi connectivity index (χ4n) is 10.9. The number of allylic oxidation sites excluding steroid dienone is 3. The number of hydrogen-bond donors (Lipinski definition) is 0. The molecule has 0 fully saturated rings. The molecule has 288 valence electrons. The molecule has 0 radical (unpaired) electrons. The highest BCUT2D eigenvalue weighted by molar-refractivity contribution is 6.25. The minimum absolute atomic E-state index is 0.555. The number of anilines is 2. The molecule has 1 nitrogen and oxygen atoms in total. The normalized spacial score (nSPS) is 14.2. The van der Waals surface area contributed by atoms with Crippen LogP contribution in [0.5, 0.6) is 0 Å². The zero-order chi connectivity index (χ0) is 40.8. The maximum atomic E-state index is 2.58. The maximum absolute atomic E-state index is 2.58. The summed E-state index contributed by atoms with van der Waals surface area (Å²) in [5.41, 5.74) is 15.5. The summed E-state index contributed by atoms with van der Waals surface area (Å²) >= 11 is 0. The van der Waals surface area contributed by atoms with E-state index in [9.17, 15) is 0 Å². The van der Waals surface area contributed by atoms with Crippen molar-refractivity contribution in [2.75, 3.05) is 4.90 Å². The van der Waals surface area contributed by atoms with Gasteiger partial charge >= 0.3 is 0 Å². The second-order valence-electron chi connectivity index (χ2n) is 16.8. The van der Waals surface area contributed by atoms with Crippen molar-refractivity contribution in [2.45, 2.75) is 5.41 Å². The van der Waals surface area contributed by atoms with E-state index < -0.39 is 5.41 Å². The summed E-state index contributed by atoms with van der Waals surface area (Å²) in [4.78, 5) is 2.47. The van der Waals surface area contributed by atoms with E-state index in [1.807, 2.05) is 0 Å². The molecule has 0 amide bonds. The quantitative estimate of drug-likeness (QED) is 0.157. The van der Waals surface area contributed by atoms with Gasteiger partial charge < -0.3 is 4.90 Å². The van der Waals surface area contributed by atoms with Gasteiger partial charge in [-0.15, -0.1) is 0 Å². The van der Waals surface area contributed by atoms with E-state index >= 15 is 0 Å². The van der Waals surface area contributed by atoms with Gasteiger partial charge in [0, 0.05) is 17.1 Å². The van der Waals surface area contributed by atoms with Crippen LogP contribution in [0, 0.1) is 0 Å². The first kappa shape index (κ1) is 34.8. The van der Waals surface area contributed by atoms with Crippen molar-refractivity contribution in [1.82, 2.24) is 0 Å². The average Bonchev–Trinajstić information content (AvgIpc) is 3.85. The zero-order valence-corrected chi connectivity index (χ0v) is 34.0. The van der Waals surface area contributed by atoms with Crippen LogP contribution in [-0.2, 0) is 5.41 Å². The van der Waals surface area contributed by atoms with Crippen molar-refractivity contribution in [3.63, 3.8) is 0 Å². The van der Waals surface area contributed by atoms with Crippen LogP contribution in [0.2, 0.25) is 0 Å². The summed E-state index contributed by atoms with van der Waals surface area (Å²) in [6.07, 6.45) is 7.49. The third-order valence-electron chi connectivity index (χ3n) is 13.6. The predicted octanol–water partition coefficient (Wildman–Crippen LogP) is 14.1. The Morgan fingerprint density at radius 2 is 0.758 bits per heavy atom. The Morgan fingerprint density at radius 1 is 0.339 bits per heavy atom. The molecule has 0 aromatic heterocycles. The monoisotopic (exact) mass is 785 g/mol. The number of hydrogen-bond acceptors (Lipinski definition) is 1. The van der Waals surface area contributed by atoms with Crippen molar-refractivity contribution in [1.29, 1.82) is 0 Å². The molecule has 10 aromatic rings. The lowest BCUT2D eigenvalue weighted by Crippen LogP contribution is -2.35. The minimum Gasteiger partial charge on any atom is -0.311 e. The molecule has 0 heterocycles. The average molecular weight is 786 g/mol. The first-order valence-electron chi connectivity index (χ1n) is 21.6. The van der Waals surface area contributed by atoms with Crippen LogP contribution in [0.25, 0.3) is 77.3 Å². The molecular formula is C61H39N. The second-order valence-corrected chi connectivity index (χ2v) is 16.8. The van der Waals surface area contributed by atoms with Crippen LogP contribution in [0.1, 0.15) is 11.1 Å². The van der Waals surface area contributed by atoms with Crippen LogP contribution in [0.3, 0.4) is 0 Å². The van der Waals surface area contributed by atoms with Gasteiger partial charge in [0.05, 0.1) is 5.41 Å². The van der Waals surface area contributed by atoms with E-state index in [2.05, 4.69) is 242 Å². The first-order valence-corrected chi connectivity index (χ1v) is 21.6. The van der Waals surface area contributed by atoms with Gasteiger partial charge in [-0.3, -0.25) is 0 Å². The molecule has 62 heavy (non-hydrogen) atoms. The van der Waals surface area contributed by atoms with Crippen LogP contribution in [-0.4, -0.2) is 0 Å². The molecule has 0 aliphatic heterocycles. The largest absolute Gasteiger partial charge is 0.311 e. The Bertz CT molecular complexity index is 3520. The van der Waals surface area contributed by atoms with Crippen molar-refractivity contribution in [2.24, 2.45) is 0 Å². The standard InChI is InChI=1S/C61H39N/c1-3-15-40(16-4-1)42-27-31-46(32-28-42)62(47-33-29-43(30-34-47)41-17-5-2-6-18-41)48-36-45-35-44-37-56-51-21-9-7-19-49(51)50-20-8-10-22-52(50)57(56)38-55(44)60(45)61(39-48)58-25-13-11-23-53(58)54-24-12-14-26-59(54)61/h1-39H. The number of benzene rings is 10. The maximum Gasteiger partial charge on any atom is 0.0679 e. The fourth-order valence-corrected chi connectivity index (χ4v) is 10.9. The van der Waals surface area contributed by atoms with Gasteiger partial charge in [0.2, 0.25) is 0 Å². The van der Waals surface area contributed by atoms with E-state index in [1.54, 1.807) is 0 Å². The molecule has 0 unspecified atom stereocenters. The van der Waals surface area contributed by atoms with Crippen LogP contribution < -0.4 is 15.3 Å². The fraction of sp³-hybridized carbons (Fsp3) is 0.0164. The van der Waals surface area contributed by atoms with E-state index in [1.165, 1.54) is 98.4 Å². The van der Waals surface area contributed by atoms with Crippen LogP contribution in [0.4, 0.5) is 11.4 Å². The Hall–Kier alpha value is -8.00. The van der Waals surface area contributed by atoms with Crippen molar-refractivity contribution >= 4 is 55.3 Å². The number of fused-ring (bicyclic) bond motifs is 14. The van der Waals surface area contributed by atoms with Gasteiger partial charge in [0.15, 0.2) is 0 Å². The number of rotatable bonds is 5. The van der Waals surface area contributed by atoms with Crippen LogP contribution in [0.15, 0.2) is 242 Å². The van der Waals surface area contributed by atoms with Gasteiger partial charge in [-0.2, -0.15) is 0 Å². The van der Waals surface area contributed by atoms with Crippen LogP contribution >= 0.6 is 0 Å². The highest BCUT2D eigenvalue weighted by Crippen LogP contribution is 2.58. The Morgan fingerprint density at radius 3 is 1.27 bits per heavy atom. The van der Waals surface area contributed by atoms with Crippen molar-refractivity contribution < 1.29 is 0 Å². The smallest absolute Gasteiger partial charge is 0.0679 e. The van der Waals surface area contributed by atoms with E-state index in [4.69, 9.17) is 0 Å². The molecule has 0 N–H and O–H groups in total. The summed E-state index contributed by atoms with van der Waals surface area (Å²) in [6.45, 7) is 0. The molecule has 1 spiro atoms. The summed E-state index contributed by atoms with van der Waals surface area (Å²) < 4.78 is 0. The first-order chi connectivity index (χ1) is 30.7. The lowest BCUT2D eigenvalue weighted by Gasteiger charge is -2.38. The molecule has 1 heteroatoms. The van der Waals surface area contributed by atoms with E-state index in [-0.39, 0.29) is 0 Å². The lowest BCUT2D eigenvalue weighted by atomic mass is 9.67. The van der Waals surface area contributed by atoms with Gasteiger partial charge in [-0.25, -0.2) is 0 Å². The summed E-state index contributed by atoms with van der Waals surface area (Å²) in [7, 11) is 0. The molecule has 3 aliphatic rings. The Balaban J connectivity index is 1.11. The topological polar surface area (TPSA) is 3.24 Å². The molecule has 13 rings (SSSR count). The van der Waals surface area contributed by atoms with Gasteiger partial charge in [0.25, 0.3) is 0 Å². The van der Waals surface area contributed by atoms with E-state index in [0.29, 0.717) is 0 Å². The highest BCUT2D eigenvalue weighted by Gasteiger charge is 2.48. The van der Waals surface area contributed by atoms with Crippen molar-refractivity contribution in [3.8, 4) is 33.4 Å². The molecule has 0 saturated heterocycles. The SMILES string of the molecule is C1=C2C=c3cc4c5ccccc5c5ccccc5c4cc3=C2C2(C=C1N(c1ccc(-c3ccccc3)cc1)c1ccc(-c3ccccc3)cc1)c1ccccc1-c1ccccc12. The minimum atomic E-state index is -0.555. The lowest BCUT2D eigenvalue weighted by molar-refractivity contribution is 0.844. The van der Waals surface area contributed by atoms with Crippen molar-refractivity contribution in [3.05, 3.63) is 263 Å². The molecule has 10 aromatic carbocycles. The number of nitrogens with zero attached hydrogens (tertiary/aromatic N) is 1. The molecule has 0 atom stereocenters. The second kappa shape index (κ2) is 13.5. The summed E-state index contributed by atoms with van der Waals surface area (Å²) in [5, 5.41) is 10.3.